The van der Waals surface area contributed by atoms with Crippen molar-refractivity contribution in [2.24, 2.45) is 0 Å². The predicted molar refractivity (Wildman–Crippen MR) is 139 cm³/mol. The summed E-state index contributed by atoms with van der Waals surface area (Å²) in [7, 11) is 0. The van der Waals surface area contributed by atoms with E-state index in [9.17, 15) is 19.5 Å². The number of carbonyl (C=O) groups excluding carboxylic acids is 2. The van der Waals surface area contributed by atoms with Crippen LogP contribution in [0.25, 0.3) is 16.6 Å². The van der Waals surface area contributed by atoms with Gasteiger partial charge in [0.2, 0.25) is 0 Å². The van der Waals surface area contributed by atoms with E-state index in [2.05, 4.69) is 10.4 Å². The van der Waals surface area contributed by atoms with Crippen LogP contribution in [0.1, 0.15) is 40.5 Å². The van der Waals surface area contributed by atoms with Gasteiger partial charge in [0, 0.05) is 37.0 Å². The van der Waals surface area contributed by atoms with Gasteiger partial charge >= 0.3 is 0 Å². The van der Waals surface area contributed by atoms with Crippen molar-refractivity contribution in [3.63, 3.8) is 0 Å². The van der Waals surface area contributed by atoms with Crippen LogP contribution in [0, 0.1) is 0 Å². The summed E-state index contributed by atoms with van der Waals surface area (Å²) in [6.45, 7) is 3.39. The highest BCUT2D eigenvalue weighted by atomic mass is 16.3. The second-order valence-electron chi connectivity index (χ2n) is 9.43. The maximum Gasteiger partial charge on any atom is 0.277 e. The molecule has 190 valence electrons. The number of nitrogens with zero attached hydrogens (tertiary/aromatic N) is 4. The van der Waals surface area contributed by atoms with Crippen molar-refractivity contribution in [3.05, 3.63) is 94.7 Å². The monoisotopic (exact) mass is 499 g/mol. The van der Waals surface area contributed by atoms with Crippen molar-refractivity contribution in [1.82, 2.24) is 24.4 Å². The van der Waals surface area contributed by atoms with Crippen LogP contribution < -0.4 is 10.9 Å². The average Bonchev–Trinajstić information content (AvgIpc) is 3.41. The molecule has 1 saturated heterocycles. The van der Waals surface area contributed by atoms with Gasteiger partial charge in [0.05, 0.1) is 12.1 Å². The molecule has 1 fully saturated rings. The van der Waals surface area contributed by atoms with E-state index in [0.29, 0.717) is 49.1 Å². The molecule has 0 saturated carbocycles. The topological polar surface area (TPSA) is 109 Å². The quantitative estimate of drug-likeness (QED) is 0.424. The minimum absolute atomic E-state index is 0.0892. The van der Waals surface area contributed by atoms with E-state index < -0.39 is 5.60 Å². The summed E-state index contributed by atoms with van der Waals surface area (Å²) in [6.07, 6.45) is 3.89. The Morgan fingerprint density at radius 2 is 1.59 bits per heavy atom. The molecular weight excluding hydrogens is 470 g/mol. The van der Waals surface area contributed by atoms with Gasteiger partial charge in [-0.05, 0) is 67.3 Å². The molecular formula is C28H29N5O4. The highest BCUT2D eigenvalue weighted by Gasteiger charge is 2.35. The maximum atomic E-state index is 13.1. The van der Waals surface area contributed by atoms with Crippen molar-refractivity contribution < 1.29 is 14.7 Å². The van der Waals surface area contributed by atoms with Crippen LogP contribution in [0.3, 0.4) is 0 Å². The van der Waals surface area contributed by atoms with Gasteiger partial charge in [-0.1, -0.05) is 24.3 Å². The van der Waals surface area contributed by atoms with Crippen molar-refractivity contribution in [2.45, 2.75) is 31.9 Å². The van der Waals surface area contributed by atoms with Crippen LogP contribution in [0.4, 0.5) is 0 Å². The second kappa shape index (κ2) is 10.0. The minimum Gasteiger partial charge on any atom is -0.388 e. The van der Waals surface area contributed by atoms with Crippen LogP contribution in [0.5, 0.6) is 0 Å². The van der Waals surface area contributed by atoms with Crippen molar-refractivity contribution in [2.75, 3.05) is 19.6 Å². The third-order valence-corrected chi connectivity index (χ3v) is 6.92. The number of benzene rings is 2. The number of hydrogen-bond donors (Lipinski definition) is 2. The third-order valence-electron chi connectivity index (χ3n) is 6.92. The number of amides is 2. The van der Waals surface area contributed by atoms with Crippen LogP contribution in [0.15, 0.2) is 78.0 Å². The van der Waals surface area contributed by atoms with E-state index in [1.807, 2.05) is 31.2 Å². The molecule has 37 heavy (non-hydrogen) atoms. The Morgan fingerprint density at radius 3 is 2.22 bits per heavy atom. The first kappa shape index (κ1) is 24.5. The summed E-state index contributed by atoms with van der Waals surface area (Å²) >= 11 is 0. The van der Waals surface area contributed by atoms with Crippen LogP contribution >= 0.6 is 0 Å². The molecule has 2 aromatic carbocycles. The molecule has 4 aromatic rings. The molecule has 0 bridgehead atoms. The molecule has 0 radical (unpaired) electrons. The van der Waals surface area contributed by atoms with Gasteiger partial charge in [-0.25, -0.2) is 4.52 Å². The molecule has 3 heterocycles. The Balaban J connectivity index is 1.21. The molecule has 0 unspecified atom stereocenters. The fraction of sp³-hybridized carbons (Fsp3) is 0.286. The summed E-state index contributed by atoms with van der Waals surface area (Å²) in [6, 6.07) is 18.2. The summed E-state index contributed by atoms with van der Waals surface area (Å²) in [4.78, 5) is 39.5. The second-order valence-corrected chi connectivity index (χ2v) is 9.43. The zero-order chi connectivity index (χ0) is 26.0. The van der Waals surface area contributed by atoms with Gasteiger partial charge in [-0.15, -0.1) is 0 Å². The van der Waals surface area contributed by atoms with E-state index in [1.54, 1.807) is 47.5 Å². The van der Waals surface area contributed by atoms with E-state index >= 15 is 0 Å². The Morgan fingerprint density at radius 1 is 0.973 bits per heavy atom. The van der Waals surface area contributed by atoms with Crippen molar-refractivity contribution >= 4 is 17.3 Å². The Labute approximate surface area is 214 Å². The largest absolute Gasteiger partial charge is 0.388 e. The number of piperidine rings is 1. The first-order valence-corrected chi connectivity index (χ1v) is 12.4. The molecule has 0 spiro atoms. The molecule has 1 aliphatic rings. The van der Waals surface area contributed by atoms with Gasteiger partial charge in [0.25, 0.3) is 17.4 Å². The number of rotatable bonds is 6. The third kappa shape index (κ3) is 5.03. The fourth-order valence-corrected chi connectivity index (χ4v) is 4.74. The highest BCUT2D eigenvalue weighted by molar-refractivity contribution is 5.95. The van der Waals surface area contributed by atoms with Gasteiger partial charge in [0.15, 0.2) is 0 Å². The smallest absolute Gasteiger partial charge is 0.277 e. The predicted octanol–water partition coefficient (Wildman–Crippen LogP) is 2.58. The molecule has 9 heteroatoms. The minimum atomic E-state index is -1.09. The van der Waals surface area contributed by atoms with Gasteiger partial charge in [0.1, 0.15) is 11.8 Å². The SMILES string of the molecule is CCNC(=O)c1ccc(-c2ccc(C(=O)N3CCC(O)(Cn4cnn5cccc5c4=O)CC3)cc2)cc1. The normalized spacial score (nSPS) is 15.0. The molecule has 2 N–H and O–H groups in total. The number of fused-ring (bicyclic) bond motifs is 1. The van der Waals surface area contributed by atoms with Crippen LogP contribution in [-0.4, -0.2) is 61.2 Å². The van der Waals surface area contributed by atoms with E-state index in [0.717, 1.165) is 11.1 Å². The molecule has 1 aliphatic heterocycles. The van der Waals surface area contributed by atoms with Gasteiger partial charge < -0.3 is 15.3 Å². The molecule has 2 aromatic heterocycles. The number of nitrogens with one attached hydrogen (secondary N) is 1. The summed E-state index contributed by atoms with van der Waals surface area (Å²) in [5, 5.41) is 18.1. The van der Waals surface area contributed by atoms with Crippen LogP contribution in [0.2, 0.25) is 0 Å². The first-order valence-electron chi connectivity index (χ1n) is 12.4. The first-order chi connectivity index (χ1) is 17.9. The summed E-state index contributed by atoms with van der Waals surface area (Å²) < 4.78 is 2.95. The van der Waals surface area contributed by atoms with E-state index in [4.69, 9.17) is 0 Å². The number of aromatic nitrogens is 3. The number of likely N-dealkylation sites (tertiary alicyclic amines) is 1. The fourth-order valence-electron chi connectivity index (χ4n) is 4.74. The molecule has 2 amide bonds. The van der Waals surface area contributed by atoms with E-state index in [1.165, 1.54) is 15.4 Å². The number of aliphatic hydroxyl groups is 1. The molecule has 0 aliphatic carbocycles. The summed E-state index contributed by atoms with van der Waals surface area (Å²) in [5.74, 6) is -0.192. The zero-order valence-electron chi connectivity index (χ0n) is 20.6. The number of hydrogen-bond acceptors (Lipinski definition) is 5. The van der Waals surface area contributed by atoms with Crippen molar-refractivity contribution in [3.8, 4) is 11.1 Å². The zero-order valence-corrected chi connectivity index (χ0v) is 20.6. The lowest BCUT2D eigenvalue weighted by atomic mass is 9.90. The maximum absolute atomic E-state index is 13.1. The highest BCUT2D eigenvalue weighted by Crippen LogP contribution is 2.26. The Hall–Kier alpha value is -4.24. The Kier molecular flexibility index (Phi) is 6.62. The van der Waals surface area contributed by atoms with Gasteiger partial charge in [-0.2, -0.15) is 5.10 Å². The lowest BCUT2D eigenvalue weighted by Gasteiger charge is -2.38. The Bertz CT molecular complexity index is 1480. The average molecular weight is 500 g/mol. The van der Waals surface area contributed by atoms with Crippen LogP contribution in [-0.2, 0) is 6.54 Å². The van der Waals surface area contributed by atoms with E-state index in [-0.39, 0.29) is 23.9 Å². The standard InChI is InChI=1S/C28H29N5O4/c1-2-29-25(34)22-9-5-20(6-10-22)21-7-11-23(12-8-21)26(35)31-16-13-28(37,14-17-31)18-32-19-30-33-15-3-4-24(33)27(32)36/h3-12,15,19,37H,2,13-14,16-18H2,1H3,(H,29,34). The van der Waals surface area contributed by atoms with Gasteiger partial charge in [-0.3, -0.25) is 19.0 Å². The summed E-state index contributed by atoms with van der Waals surface area (Å²) in [5.41, 5.74) is 2.26. The lowest BCUT2D eigenvalue weighted by Crippen LogP contribution is -2.49. The molecule has 0 atom stereocenters. The lowest BCUT2D eigenvalue weighted by molar-refractivity contribution is -0.0300. The van der Waals surface area contributed by atoms with Crippen molar-refractivity contribution in [1.29, 1.82) is 0 Å². The number of carbonyl (C=O) groups is 2. The molecule has 5 rings (SSSR count). The molecule has 9 nitrogen and oxygen atoms in total.